The number of carbonyl (C=O) groups excluding carboxylic acids is 1. The minimum atomic E-state index is -0.560. The predicted octanol–water partition coefficient (Wildman–Crippen LogP) is 8.60. The Hall–Kier alpha value is -0.620. The van der Waals surface area contributed by atoms with Gasteiger partial charge in [-0.15, -0.1) is 0 Å². The van der Waals surface area contributed by atoms with Crippen molar-refractivity contribution < 1.29 is 9.53 Å². The molecule has 0 radical (unpaired) electrons. The van der Waals surface area contributed by atoms with Crippen molar-refractivity contribution in [2.45, 2.75) is 133 Å². The van der Waals surface area contributed by atoms with Gasteiger partial charge in [-0.1, -0.05) is 96.7 Å². The molecule has 2 aliphatic carbocycles. The summed E-state index contributed by atoms with van der Waals surface area (Å²) >= 11 is 0. The lowest BCUT2D eigenvalue weighted by atomic mass is 9.35. The summed E-state index contributed by atoms with van der Waals surface area (Å²) in [6, 6.07) is 0. The lowest BCUT2D eigenvalue weighted by Crippen LogP contribution is -2.79. The summed E-state index contributed by atoms with van der Waals surface area (Å²) in [5.74, 6) is 0.00248. The van der Waals surface area contributed by atoms with Gasteiger partial charge in [0.1, 0.15) is 10.8 Å². The Morgan fingerprint density at radius 3 is 1.62 bits per heavy atom. The van der Waals surface area contributed by atoms with E-state index in [4.69, 9.17) is 4.74 Å². The molecular weight excluding hydrogens is 411 g/mol. The molecule has 2 atom stereocenters. The molecule has 2 unspecified atom stereocenters. The van der Waals surface area contributed by atoms with Crippen molar-refractivity contribution >= 4 is 19.5 Å². The molecule has 0 aromatic carbocycles. The van der Waals surface area contributed by atoms with Crippen LogP contribution in [-0.2, 0) is 9.53 Å². The number of hydrogen-bond acceptors (Lipinski definition) is 2. The van der Waals surface area contributed by atoms with Crippen LogP contribution in [0.25, 0.3) is 0 Å². The second-order valence-electron chi connectivity index (χ2n) is 15.0. The van der Waals surface area contributed by atoms with Crippen LogP contribution in [-0.4, -0.2) is 22.0 Å². The molecule has 182 valence electrons. The Morgan fingerprint density at radius 1 is 0.781 bits per heavy atom. The standard InChI is InChI=1S/C29H49O2P/c1-23(2,3)19-20(24(4,5)6)29(22(30)31-26(10,11)12)28(19,25(7,8)9)21(32-29)27(13)17-15-14-16-18-27/h14-18H2,1-13H3. The van der Waals surface area contributed by atoms with E-state index in [0.717, 1.165) is 0 Å². The molecule has 1 heterocycles. The van der Waals surface area contributed by atoms with E-state index in [9.17, 15) is 4.79 Å². The average Bonchev–Trinajstić information content (AvgIpc) is 2.51. The summed E-state index contributed by atoms with van der Waals surface area (Å²) in [5, 5.41) is 1.07. The maximum absolute atomic E-state index is 14.3. The van der Waals surface area contributed by atoms with E-state index in [1.54, 1.807) is 5.29 Å². The van der Waals surface area contributed by atoms with Gasteiger partial charge < -0.3 is 4.74 Å². The van der Waals surface area contributed by atoms with Crippen molar-refractivity contribution in [3.8, 4) is 0 Å². The van der Waals surface area contributed by atoms with E-state index in [2.05, 4.69) is 69.2 Å². The zero-order valence-electron chi connectivity index (χ0n) is 23.3. The third kappa shape index (κ3) is 3.40. The summed E-state index contributed by atoms with van der Waals surface area (Å²) in [6.45, 7) is 29.6. The van der Waals surface area contributed by atoms with Crippen molar-refractivity contribution in [2.75, 3.05) is 0 Å². The van der Waals surface area contributed by atoms with Crippen molar-refractivity contribution in [2.24, 2.45) is 27.1 Å². The fourth-order valence-corrected chi connectivity index (χ4v) is 10.1. The van der Waals surface area contributed by atoms with E-state index in [0.29, 0.717) is 0 Å². The van der Waals surface area contributed by atoms with Crippen LogP contribution in [0.15, 0.2) is 11.1 Å². The fourth-order valence-electron chi connectivity index (χ4n) is 7.24. The first-order valence-electron chi connectivity index (χ1n) is 12.8. The second-order valence-corrected chi connectivity index (χ2v) is 16.4. The lowest BCUT2D eigenvalue weighted by Gasteiger charge is -2.76. The van der Waals surface area contributed by atoms with Crippen LogP contribution < -0.4 is 0 Å². The molecule has 0 N–H and O–H groups in total. The first-order valence-corrected chi connectivity index (χ1v) is 13.7. The Morgan fingerprint density at radius 2 is 1.25 bits per heavy atom. The van der Waals surface area contributed by atoms with Crippen LogP contribution in [0.3, 0.4) is 0 Å². The third-order valence-corrected chi connectivity index (χ3v) is 10.2. The molecule has 0 spiro atoms. The zero-order valence-corrected chi connectivity index (χ0v) is 24.2. The average molecular weight is 461 g/mol. The molecule has 1 aliphatic heterocycles. The van der Waals surface area contributed by atoms with Gasteiger partial charge in [0.2, 0.25) is 0 Å². The molecule has 1 fully saturated rings. The number of hydrogen-bond donors (Lipinski definition) is 0. The van der Waals surface area contributed by atoms with Crippen molar-refractivity contribution in [3.63, 3.8) is 0 Å². The number of fused-ring (bicyclic) bond motifs is 1. The fraction of sp³-hybridized carbons (Fsp3) is 0.862. The zero-order chi connectivity index (χ0) is 24.8. The third-order valence-electron chi connectivity index (χ3n) is 8.01. The molecular formula is C29H49O2P. The van der Waals surface area contributed by atoms with Crippen LogP contribution in [0, 0.1) is 27.1 Å². The first-order chi connectivity index (χ1) is 14.2. The maximum atomic E-state index is 14.3. The monoisotopic (exact) mass is 460 g/mol. The predicted molar refractivity (Wildman–Crippen MR) is 140 cm³/mol. The summed E-state index contributed by atoms with van der Waals surface area (Å²) in [6.07, 6.45) is 6.44. The van der Waals surface area contributed by atoms with Gasteiger partial charge in [-0.3, -0.25) is 4.79 Å². The maximum Gasteiger partial charge on any atom is 0.326 e. The van der Waals surface area contributed by atoms with E-state index >= 15 is 0 Å². The molecule has 3 heteroatoms. The van der Waals surface area contributed by atoms with Crippen molar-refractivity contribution in [3.05, 3.63) is 11.1 Å². The number of ether oxygens (including phenoxy) is 1. The molecule has 1 saturated carbocycles. The van der Waals surface area contributed by atoms with Crippen LogP contribution >= 0.6 is 8.20 Å². The highest BCUT2D eigenvalue weighted by atomic mass is 31.1. The quantitative estimate of drug-likeness (QED) is 0.234. The highest BCUT2D eigenvalue weighted by Crippen LogP contribution is 2.83. The molecule has 3 aliphatic rings. The normalized spacial score (nSPS) is 31.2. The SMILES string of the molecule is CC(C)(C)OC(=O)C12P=C(C3(C)CCCCC3)C1(C(C)(C)C)C(C(C)(C)C)=C2C(C)(C)C. The van der Waals surface area contributed by atoms with E-state index in [1.807, 2.05) is 20.8 Å². The van der Waals surface area contributed by atoms with E-state index in [1.165, 1.54) is 51.5 Å². The molecule has 0 saturated heterocycles. The van der Waals surface area contributed by atoms with Gasteiger partial charge in [0.05, 0.1) is 5.41 Å². The van der Waals surface area contributed by atoms with E-state index < -0.39 is 10.8 Å². The molecule has 0 aromatic rings. The van der Waals surface area contributed by atoms with Gasteiger partial charge in [-0.2, -0.15) is 0 Å². The molecule has 2 nitrogen and oxygen atoms in total. The Labute approximate surface area is 200 Å². The summed E-state index contributed by atoms with van der Waals surface area (Å²) in [7, 11) is 1.21. The summed E-state index contributed by atoms with van der Waals surface area (Å²) in [4.78, 5) is 14.3. The molecule has 0 aromatic heterocycles. The number of carbonyl (C=O) groups is 1. The van der Waals surface area contributed by atoms with Crippen molar-refractivity contribution in [1.29, 1.82) is 0 Å². The molecule has 0 bridgehead atoms. The number of allylic oxidation sites excluding steroid dienone is 1. The second kappa shape index (κ2) is 7.19. The summed E-state index contributed by atoms with van der Waals surface area (Å²) < 4.78 is 6.25. The highest BCUT2D eigenvalue weighted by Gasteiger charge is 2.83. The minimum Gasteiger partial charge on any atom is -0.459 e. The molecule has 3 rings (SSSR count). The van der Waals surface area contributed by atoms with E-state index in [-0.39, 0.29) is 33.0 Å². The molecule has 32 heavy (non-hydrogen) atoms. The van der Waals surface area contributed by atoms with Crippen LogP contribution in [0.4, 0.5) is 0 Å². The number of esters is 1. The van der Waals surface area contributed by atoms with Gasteiger partial charge in [-0.25, -0.2) is 0 Å². The summed E-state index contributed by atoms with van der Waals surface area (Å²) in [5.41, 5.74) is 2.20. The van der Waals surface area contributed by atoms with Crippen molar-refractivity contribution in [1.82, 2.24) is 0 Å². The Balaban J connectivity index is 2.40. The van der Waals surface area contributed by atoms with Crippen LogP contribution in [0.2, 0.25) is 0 Å². The number of rotatable bonds is 2. The largest absolute Gasteiger partial charge is 0.459 e. The first kappa shape index (κ1) is 26.0. The van der Waals surface area contributed by atoms with Gasteiger partial charge in [0, 0.05) is 0 Å². The van der Waals surface area contributed by atoms with Crippen LogP contribution in [0.1, 0.15) is 122 Å². The lowest BCUT2D eigenvalue weighted by molar-refractivity contribution is -0.164. The Bertz CT molecular complexity index is 857. The van der Waals surface area contributed by atoms with Gasteiger partial charge in [-0.05, 0) is 71.7 Å². The van der Waals surface area contributed by atoms with Crippen LogP contribution in [0.5, 0.6) is 0 Å². The molecule has 0 amide bonds. The van der Waals surface area contributed by atoms with Gasteiger partial charge in [0.15, 0.2) is 0 Å². The van der Waals surface area contributed by atoms with Gasteiger partial charge in [0.25, 0.3) is 0 Å². The topological polar surface area (TPSA) is 26.3 Å². The smallest absolute Gasteiger partial charge is 0.326 e. The highest BCUT2D eigenvalue weighted by molar-refractivity contribution is 7.48. The Kier molecular flexibility index (Phi) is 5.84. The minimum absolute atomic E-state index is 0.00248. The van der Waals surface area contributed by atoms with Gasteiger partial charge >= 0.3 is 5.97 Å².